The number of aromatic hydroxyl groups is 1. The highest BCUT2D eigenvalue weighted by molar-refractivity contribution is 5.09. The first-order chi connectivity index (χ1) is 6.09. The van der Waals surface area contributed by atoms with Crippen molar-refractivity contribution in [2.45, 2.75) is 13.0 Å². The zero-order valence-corrected chi connectivity index (χ0v) is 8.44. The van der Waals surface area contributed by atoms with Gasteiger partial charge in [-0.3, -0.25) is 0 Å². The summed E-state index contributed by atoms with van der Waals surface area (Å²) in [4.78, 5) is 2.13. The van der Waals surface area contributed by atoms with Crippen LogP contribution in [0.3, 0.4) is 0 Å². The van der Waals surface area contributed by atoms with Crippen molar-refractivity contribution in [1.29, 1.82) is 0 Å². The van der Waals surface area contributed by atoms with Gasteiger partial charge in [0.2, 0.25) is 6.20 Å². The Hall–Kier alpha value is -1.09. The number of pyridine rings is 1. The van der Waals surface area contributed by atoms with Crippen molar-refractivity contribution in [3.63, 3.8) is 0 Å². The van der Waals surface area contributed by atoms with Gasteiger partial charge in [0.25, 0.3) is 0 Å². The van der Waals surface area contributed by atoms with Gasteiger partial charge < -0.3 is 10.0 Å². The van der Waals surface area contributed by atoms with Crippen molar-refractivity contribution in [1.82, 2.24) is 4.90 Å². The van der Waals surface area contributed by atoms with Gasteiger partial charge in [0.15, 0.2) is 18.0 Å². The van der Waals surface area contributed by atoms with E-state index in [9.17, 15) is 5.11 Å². The number of hydrogen-bond donors (Lipinski definition) is 1. The maximum atomic E-state index is 9.26. The molecule has 1 aromatic heterocycles. The molecule has 0 aromatic carbocycles. The van der Waals surface area contributed by atoms with Crippen LogP contribution in [0.1, 0.15) is 13.0 Å². The molecule has 1 unspecified atom stereocenters. The molecule has 0 fully saturated rings. The average molecular weight is 181 g/mol. The van der Waals surface area contributed by atoms with Crippen molar-refractivity contribution in [3.8, 4) is 5.75 Å². The van der Waals surface area contributed by atoms with E-state index < -0.39 is 0 Å². The third-order valence-electron chi connectivity index (χ3n) is 1.94. The predicted molar refractivity (Wildman–Crippen MR) is 51.6 cm³/mol. The van der Waals surface area contributed by atoms with Gasteiger partial charge >= 0.3 is 0 Å². The Morgan fingerprint density at radius 2 is 2.23 bits per heavy atom. The van der Waals surface area contributed by atoms with E-state index in [4.69, 9.17) is 0 Å². The molecule has 1 N–H and O–H groups in total. The lowest BCUT2D eigenvalue weighted by Gasteiger charge is -2.12. The fourth-order valence-corrected chi connectivity index (χ4v) is 1.38. The molecule has 0 aliphatic carbocycles. The normalized spacial score (nSPS) is 13.2. The van der Waals surface area contributed by atoms with Crippen molar-refractivity contribution in [2.24, 2.45) is 0 Å². The summed E-state index contributed by atoms with van der Waals surface area (Å²) in [6.07, 6.45) is 3.71. The molecule has 0 aliphatic rings. The summed E-state index contributed by atoms with van der Waals surface area (Å²) < 4.78 is 2.01. The Bertz CT molecular complexity index is 273. The number of likely N-dealkylation sites (N-methyl/N-ethyl adjacent to an activating group) is 1. The lowest BCUT2D eigenvalue weighted by molar-refractivity contribution is -0.719. The topological polar surface area (TPSA) is 27.4 Å². The Kier molecular flexibility index (Phi) is 3.25. The second-order valence-corrected chi connectivity index (χ2v) is 3.62. The minimum absolute atomic E-state index is 0.313. The van der Waals surface area contributed by atoms with E-state index in [1.54, 1.807) is 12.3 Å². The van der Waals surface area contributed by atoms with Crippen molar-refractivity contribution < 1.29 is 9.67 Å². The smallest absolute Gasteiger partial charge is 0.211 e. The summed E-state index contributed by atoms with van der Waals surface area (Å²) in [6.45, 7) is 3.09. The number of nitrogens with zero attached hydrogens (tertiary/aromatic N) is 2. The zero-order chi connectivity index (χ0) is 9.84. The third kappa shape index (κ3) is 3.03. The standard InChI is InChI=1S/C10H16N2O/c1-9(7-11(2)3)12-6-4-5-10(13)8-12/h4-6,8-9H,7H2,1-3H3/p+1. The molecule has 0 saturated heterocycles. The predicted octanol–water partition coefficient (Wildman–Crippen LogP) is 0.802. The van der Waals surface area contributed by atoms with Gasteiger partial charge in [-0.1, -0.05) is 0 Å². The van der Waals surface area contributed by atoms with Gasteiger partial charge in [-0.05, 0) is 27.1 Å². The quantitative estimate of drug-likeness (QED) is 0.698. The van der Waals surface area contributed by atoms with Crippen LogP contribution in [-0.2, 0) is 0 Å². The highest BCUT2D eigenvalue weighted by Crippen LogP contribution is 2.04. The van der Waals surface area contributed by atoms with Crippen LogP contribution in [0.15, 0.2) is 24.5 Å². The summed E-state index contributed by atoms with van der Waals surface area (Å²) in [5, 5.41) is 9.26. The minimum Gasteiger partial charge on any atom is -0.503 e. The van der Waals surface area contributed by atoms with Crippen LogP contribution < -0.4 is 4.57 Å². The van der Waals surface area contributed by atoms with Gasteiger partial charge in [0, 0.05) is 6.07 Å². The Balaban J connectivity index is 2.71. The maximum Gasteiger partial charge on any atom is 0.211 e. The zero-order valence-electron chi connectivity index (χ0n) is 8.44. The molecule has 1 heterocycles. The van der Waals surface area contributed by atoms with Crippen LogP contribution in [0, 0.1) is 0 Å². The maximum absolute atomic E-state index is 9.26. The molecule has 0 amide bonds. The molecule has 1 aromatic rings. The lowest BCUT2D eigenvalue weighted by atomic mass is 10.3. The molecule has 0 spiro atoms. The fraction of sp³-hybridized carbons (Fsp3) is 0.500. The van der Waals surface area contributed by atoms with Crippen LogP contribution in [0.5, 0.6) is 5.75 Å². The van der Waals surface area contributed by atoms with Crippen LogP contribution >= 0.6 is 0 Å². The first kappa shape index (κ1) is 9.99. The highest BCUT2D eigenvalue weighted by Gasteiger charge is 2.12. The SMILES string of the molecule is CC(CN(C)C)[n+]1cccc(O)c1. The Morgan fingerprint density at radius 1 is 1.54 bits per heavy atom. The molecular formula is C10H17N2O+. The Labute approximate surface area is 79.2 Å². The second kappa shape index (κ2) is 4.23. The van der Waals surface area contributed by atoms with Gasteiger partial charge in [-0.15, -0.1) is 0 Å². The van der Waals surface area contributed by atoms with Crippen molar-refractivity contribution in [3.05, 3.63) is 24.5 Å². The van der Waals surface area contributed by atoms with Crippen molar-refractivity contribution in [2.75, 3.05) is 20.6 Å². The molecule has 1 atom stereocenters. The summed E-state index contributed by atoms with van der Waals surface area (Å²) >= 11 is 0. The number of hydrogen-bond acceptors (Lipinski definition) is 2. The van der Waals surface area contributed by atoms with E-state index in [2.05, 4.69) is 11.8 Å². The molecule has 1 rings (SSSR count). The van der Waals surface area contributed by atoms with E-state index in [0.29, 0.717) is 11.8 Å². The summed E-state index contributed by atoms with van der Waals surface area (Å²) in [7, 11) is 4.08. The summed E-state index contributed by atoms with van der Waals surface area (Å²) in [5.74, 6) is 0.313. The molecule has 3 nitrogen and oxygen atoms in total. The molecule has 13 heavy (non-hydrogen) atoms. The van der Waals surface area contributed by atoms with Gasteiger partial charge in [0.1, 0.15) is 0 Å². The molecule has 72 valence electrons. The minimum atomic E-state index is 0.313. The second-order valence-electron chi connectivity index (χ2n) is 3.62. The molecule has 0 aliphatic heterocycles. The third-order valence-corrected chi connectivity index (χ3v) is 1.94. The highest BCUT2D eigenvalue weighted by atomic mass is 16.3. The van der Waals surface area contributed by atoms with Gasteiger partial charge in [-0.2, -0.15) is 4.57 Å². The van der Waals surface area contributed by atoms with Gasteiger partial charge in [-0.25, -0.2) is 0 Å². The first-order valence-electron chi connectivity index (χ1n) is 4.44. The average Bonchev–Trinajstić information content (AvgIpc) is 2.03. The van der Waals surface area contributed by atoms with E-state index in [1.807, 2.05) is 30.9 Å². The van der Waals surface area contributed by atoms with Crippen LogP contribution in [0.25, 0.3) is 0 Å². The molecule has 3 heteroatoms. The van der Waals surface area contributed by atoms with Crippen LogP contribution in [-0.4, -0.2) is 30.6 Å². The van der Waals surface area contributed by atoms with Crippen molar-refractivity contribution >= 4 is 0 Å². The molecule has 0 radical (unpaired) electrons. The van der Waals surface area contributed by atoms with E-state index >= 15 is 0 Å². The monoisotopic (exact) mass is 181 g/mol. The number of aromatic nitrogens is 1. The van der Waals surface area contributed by atoms with E-state index in [0.717, 1.165) is 6.54 Å². The van der Waals surface area contributed by atoms with Crippen LogP contribution in [0.2, 0.25) is 0 Å². The molecule has 0 bridgehead atoms. The van der Waals surface area contributed by atoms with E-state index in [1.165, 1.54) is 0 Å². The largest absolute Gasteiger partial charge is 0.503 e. The van der Waals surface area contributed by atoms with E-state index in [-0.39, 0.29) is 0 Å². The Morgan fingerprint density at radius 3 is 2.77 bits per heavy atom. The molecule has 0 saturated carbocycles. The lowest BCUT2D eigenvalue weighted by Crippen LogP contribution is -2.42. The van der Waals surface area contributed by atoms with Crippen LogP contribution in [0.4, 0.5) is 0 Å². The first-order valence-corrected chi connectivity index (χ1v) is 4.44. The fourth-order valence-electron chi connectivity index (χ4n) is 1.38. The van der Waals surface area contributed by atoms with Gasteiger partial charge in [0.05, 0.1) is 6.54 Å². The molecular weight excluding hydrogens is 164 g/mol. The summed E-state index contributed by atoms with van der Waals surface area (Å²) in [6, 6.07) is 3.91. The number of rotatable bonds is 3. The summed E-state index contributed by atoms with van der Waals surface area (Å²) in [5.41, 5.74) is 0.